The maximum atomic E-state index is 13.8. The van der Waals surface area contributed by atoms with Crippen molar-refractivity contribution >= 4 is 29.0 Å². The van der Waals surface area contributed by atoms with E-state index in [0.717, 1.165) is 16.7 Å². The van der Waals surface area contributed by atoms with Gasteiger partial charge in [0.05, 0.1) is 18.0 Å². The van der Waals surface area contributed by atoms with Crippen LogP contribution in [0.2, 0.25) is 0 Å². The summed E-state index contributed by atoms with van der Waals surface area (Å²) in [5.41, 5.74) is 10.7. The number of hydrogen-bond acceptors (Lipinski definition) is 5. The van der Waals surface area contributed by atoms with Gasteiger partial charge in [0.2, 0.25) is 5.91 Å². The molecule has 0 radical (unpaired) electrons. The third kappa shape index (κ3) is 5.21. The fourth-order valence-electron chi connectivity index (χ4n) is 4.01. The van der Waals surface area contributed by atoms with Crippen LogP contribution in [0.4, 0.5) is 15.8 Å². The van der Waals surface area contributed by atoms with E-state index >= 15 is 0 Å². The first kappa shape index (κ1) is 23.3. The monoisotopic (exact) mass is 459 g/mol. The lowest BCUT2D eigenvalue weighted by Crippen LogP contribution is -2.22. The normalized spacial score (nSPS) is 15.1. The number of nitrogens with two attached hydrogens (primary N) is 1. The van der Waals surface area contributed by atoms with Crippen molar-refractivity contribution in [1.29, 1.82) is 0 Å². The number of carbonyl (C=O) groups is 2. The first-order valence-electron chi connectivity index (χ1n) is 11.2. The molecule has 1 atom stereocenters. The molecule has 0 spiro atoms. The molecule has 6 nitrogen and oxygen atoms in total. The number of aryl methyl sites for hydroxylation is 1. The molecular formula is C27H26FN3O3. The molecule has 1 amide bonds. The minimum atomic E-state index is -0.704. The predicted molar refractivity (Wildman–Crippen MR) is 130 cm³/mol. The highest BCUT2D eigenvalue weighted by molar-refractivity contribution is 6.24. The largest absolute Gasteiger partial charge is 0.466 e. The van der Waals surface area contributed by atoms with Crippen molar-refractivity contribution in [1.82, 2.24) is 0 Å². The second-order valence-corrected chi connectivity index (χ2v) is 8.03. The highest BCUT2D eigenvalue weighted by Gasteiger charge is 2.35. The van der Waals surface area contributed by atoms with E-state index in [2.05, 4.69) is 5.32 Å². The van der Waals surface area contributed by atoms with Gasteiger partial charge in [0.1, 0.15) is 11.7 Å². The van der Waals surface area contributed by atoms with E-state index in [0.29, 0.717) is 42.2 Å². The smallest absolute Gasteiger partial charge is 0.306 e. The molecule has 1 heterocycles. The number of benzene rings is 3. The van der Waals surface area contributed by atoms with Gasteiger partial charge in [-0.3, -0.25) is 14.6 Å². The Bertz CT molecular complexity index is 1240. The summed E-state index contributed by atoms with van der Waals surface area (Å²) >= 11 is 0. The SMILES string of the molecule is CCOC(=O)CCc1cccc(C(=Nc2ccc(CN)cc2)C2C(=O)Nc3cc(F)ccc32)c1. The van der Waals surface area contributed by atoms with Gasteiger partial charge in [0.15, 0.2) is 0 Å². The van der Waals surface area contributed by atoms with E-state index in [1.54, 1.807) is 13.0 Å². The third-order valence-corrected chi connectivity index (χ3v) is 5.69. The van der Waals surface area contributed by atoms with Gasteiger partial charge in [0, 0.05) is 18.7 Å². The number of esters is 1. The predicted octanol–water partition coefficient (Wildman–Crippen LogP) is 4.64. The number of rotatable bonds is 8. The molecule has 1 aliphatic rings. The van der Waals surface area contributed by atoms with Gasteiger partial charge < -0.3 is 15.8 Å². The van der Waals surface area contributed by atoms with Crippen LogP contribution in [0, 0.1) is 5.82 Å². The van der Waals surface area contributed by atoms with Crippen molar-refractivity contribution in [3.05, 3.63) is 94.8 Å². The Morgan fingerprint density at radius 3 is 2.62 bits per heavy atom. The van der Waals surface area contributed by atoms with E-state index < -0.39 is 11.7 Å². The summed E-state index contributed by atoms with van der Waals surface area (Å²) in [6.07, 6.45) is 0.764. The topological polar surface area (TPSA) is 93.8 Å². The molecule has 1 aliphatic heterocycles. The molecular weight excluding hydrogens is 433 g/mol. The molecule has 7 heteroatoms. The second kappa shape index (κ2) is 10.4. The Morgan fingerprint density at radius 1 is 1.09 bits per heavy atom. The first-order chi connectivity index (χ1) is 16.5. The lowest BCUT2D eigenvalue weighted by atomic mass is 9.89. The minimum absolute atomic E-state index is 0.257. The molecule has 0 saturated carbocycles. The Morgan fingerprint density at radius 2 is 1.88 bits per heavy atom. The van der Waals surface area contributed by atoms with E-state index in [4.69, 9.17) is 15.5 Å². The van der Waals surface area contributed by atoms with Crippen LogP contribution < -0.4 is 11.1 Å². The molecule has 4 rings (SSSR count). The molecule has 3 N–H and O–H groups in total. The zero-order valence-corrected chi connectivity index (χ0v) is 18.9. The van der Waals surface area contributed by atoms with Crippen LogP contribution >= 0.6 is 0 Å². The summed E-state index contributed by atoms with van der Waals surface area (Å²) in [6, 6.07) is 19.4. The van der Waals surface area contributed by atoms with Gasteiger partial charge in [-0.1, -0.05) is 36.4 Å². The molecule has 0 aliphatic carbocycles. The van der Waals surface area contributed by atoms with Crippen LogP contribution in [-0.2, 0) is 27.3 Å². The van der Waals surface area contributed by atoms with E-state index in [1.165, 1.54) is 12.1 Å². The van der Waals surface area contributed by atoms with Crippen molar-refractivity contribution in [2.24, 2.45) is 10.7 Å². The van der Waals surface area contributed by atoms with Gasteiger partial charge in [-0.25, -0.2) is 4.39 Å². The van der Waals surface area contributed by atoms with Gasteiger partial charge in [-0.05, 0) is 65.9 Å². The summed E-state index contributed by atoms with van der Waals surface area (Å²) in [4.78, 5) is 29.7. The summed E-state index contributed by atoms with van der Waals surface area (Å²) in [6.45, 7) is 2.54. The van der Waals surface area contributed by atoms with Crippen LogP contribution in [0.1, 0.15) is 41.5 Å². The summed E-state index contributed by atoms with van der Waals surface area (Å²) < 4.78 is 18.8. The Hall–Kier alpha value is -3.84. The maximum absolute atomic E-state index is 13.8. The average Bonchev–Trinajstić information content (AvgIpc) is 3.16. The summed E-state index contributed by atoms with van der Waals surface area (Å²) in [5.74, 6) is -1.65. The van der Waals surface area contributed by atoms with Crippen molar-refractivity contribution in [3.63, 3.8) is 0 Å². The van der Waals surface area contributed by atoms with Crippen LogP contribution in [0.3, 0.4) is 0 Å². The number of nitrogens with zero attached hydrogens (tertiary/aromatic N) is 1. The van der Waals surface area contributed by atoms with Crippen LogP contribution in [0.15, 0.2) is 71.7 Å². The zero-order valence-electron chi connectivity index (χ0n) is 18.9. The van der Waals surface area contributed by atoms with E-state index in [-0.39, 0.29) is 18.3 Å². The average molecular weight is 460 g/mol. The Balaban J connectivity index is 1.75. The number of hydrogen-bond donors (Lipinski definition) is 2. The molecule has 3 aromatic rings. The van der Waals surface area contributed by atoms with Crippen LogP contribution in [-0.4, -0.2) is 24.2 Å². The third-order valence-electron chi connectivity index (χ3n) is 5.69. The number of anilines is 1. The molecule has 0 saturated heterocycles. The van der Waals surface area contributed by atoms with Crippen LogP contribution in [0.25, 0.3) is 0 Å². The summed E-state index contributed by atoms with van der Waals surface area (Å²) in [7, 11) is 0. The van der Waals surface area contributed by atoms with Crippen molar-refractivity contribution in [3.8, 4) is 0 Å². The quantitative estimate of drug-likeness (QED) is 0.379. The highest BCUT2D eigenvalue weighted by Crippen LogP contribution is 2.37. The van der Waals surface area contributed by atoms with Crippen molar-refractivity contribution in [2.45, 2.75) is 32.2 Å². The second-order valence-electron chi connectivity index (χ2n) is 8.03. The van der Waals surface area contributed by atoms with E-state index in [1.807, 2.05) is 48.5 Å². The molecule has 34 heavy (non-hydrogen) atoms. The number of halogens is 1. The number of fused-ring (bicyclic) bond motifs is 1. The molecule has 3 aromatic carbocycles. The molecule has 0 aromatic heterocycles. The number of carbonyl (C=O) groups excluding carboxylic acids is 2. The lowest BCUT2D eigenvalue weighted by molar-refractivity contribution is -0.143. The molecule has 1 unspecified atom stereocenters. The number of nitrogens with one attached hydrogen (secondary N) is 1. The fraction of sp³-hybridized carbons (Fsp3) is 0.222. The van der Waals surface area contributed by atoms with Gasteiger partial charge >= 0.3 is 5.97 Å². The lowest BCUT2D eigenvalue weighted by Gasteiger charge is -2.15. The zero-order chi connectivity index (χ0) is 24.1. The van der Waals surface area contributed by atoms with Crippen molar-refractivity contribution < 1.29 is 18.7 Å². The minimum Gasteiger partial charge on any atom is -0.466 e. The van der Waals surface area contributed by atoms with Crippen molar-refractivity contribution in [2.75, 3.05) is 11.9 Å². The van der Waals surface area contributed by atoms with Gasteiger partial charge in [-0.15, -0.1) is 0 Å². The molecule has 0 fully saturated rings. The molecule has 0 bridgehead atoms. The molecule has 174 valence electrons. The van der Waals surface area contributed by atoms with E-state index in [9.17, 15) is 14.0 Å². The standard InChI is InChI=1S/C27H26FN3O3/c1-2-34-24(32)13-8-17-4-3-5-19(14-17)26(30-21-10-6-18(16-29)7-11-21)25-22-12-9-20(28)15-23(22)31-27(25)33/h3-7,9-12,14-15,25H,2,8,13,16,29H2,1H3,(H,31,33). The Kier molecular flexibility index (Phi) is 7.13. The highest BCUT2D eigenvalue weighted by atomic mass is 19.1. The Labute approximate surface area is 197 Å². The number of aliphatic imine (C=N–C) groups is 1. The first-order valence-corrected chi connectivity index (χ1v) is 11.2. The fourth-order valence-corrected chi connectivity index (χ4v) is 4.01. The number of ether oxygens (including phenoxy) is 1. The van der Waals surface area contributed by atoms with Crippen LogP contribution in [0.5, 0.6) is 0 Å². The van der Waals surface area contributed by atoms with Gasteiger partial charge in [0.25, 0.3) is 0 Å². The maximum Gasteiger partial charge on any atom is 0.306 e. The number of amides is 1. The summed E-state index contributed by atoms with van der Waals surface area (Å²) in [5, 5.41) is 2.77. The van der Waals surface area contributed by atoms with Gasteiger partial charge in [-0.2, -0.15) is 0 Å².